The number of amides is 1. The molecule has 1 fully saturated rings. The van der Waals surface area contributed by atoms with Crippen molar-refractivity contribution in [3.8, 4) is 5.75 Å². The molecule has 0 spiro atoms. The zero-order valence-electron chi connectivity index (χ0n) is 13.9. The number of nitrogens with zero attached hydrogens (tertiary/aromatic N) is 2. The van der Waals surface area contributed by atoms with E-state index in [4.69, 9.17) is 9.47 Å². The monoisotopic (exact) mass is 322 g/mol. The van der Waals surface area contributed by atoms with Crippen molar-refractivity contribution in [1.29, 1.82) is 0 Å². The maximum absolute atomic E-state index is 12.6. The Kier molecular flexibility index (Phi) is 6.83. The second kappa shape index (κ2) is 8.86. The van der Waals surface area contributed by atoms with E-state index in [-0.39, 0.29) is 5.91 Å². The van der Waals surface area contributed by atoms with Crippen molar-refractivity contribution in [2.45, 2.75) is 13.0 Å². The van der Waals surface area contributed by atoms with Crippen LogP contribution in [0.1, 0.15) is 17.3 Å². The Morgan fingerprint density at radius 3 is 2.61 bits per heavy atom. The molecule has 2 rings (SSSR count). The number of aliphatic hydroxyl groups is 1. The number of carbonyl (C=O) groups is 1. The number of benzene rings is 1. The topological polar surface area (TPSA) is 62.2 Å². The first-order valence-electron chi connectivity index (χ1n) is 8.06. The molecule has 1 amide bonds. The molecule has 1 aliphatic heterocycles. The summed E-state index contributed by atoms with van der Waals surface area (Å²) in [7, 11) is 1.57. The molecule has 1 aromatic carbocycles. The lowest BCUT2D eigenvalue weighted by Crippen LogP contribution is -2.50. The number of piperazine rings is 1. The van der Waals surface area contributed by atoms with E-state index in [1.54, 1.807) is 19.2 Å². The minimum atomic E-state index is -0.480. The Labute approximate surface area is 137 Å². The summed E-state index contributed by atoms with van der Waals surface area (Å²) in [4.78, 5) is 16.6. The lowest BCUT2D eigenvalue weighted by Gasteiger charge is -2.35. The molecule has 1 aromatic rings. The molecule has 0 radical (unpaired) electrons. The number of para-hydroxylation sites is 1. The molecule has 6 nitrogen and oxygen atoms in total. The second-order valence-corrected chi connectivity index (χ2v) is 5.61. The summed E-state index contributed by atoms with van der Waals surface area (Å²) in [5.41, 5.74) is 0.597. The average Bonchev–Trinajstić information content (AvgIpc) is 2.60. The van der Waals surface area contributed by atoms with E-state index in [1.807, 2.05) is 24.0 Å². The highest BCUT2D eigenvalue weighted by molar-refractivity contribution is 5.97. The van der Waals surface area contributed by atoms with Crippen molar-refractivity contribution in [3.63, 3.8) is 0 Å². The maximum Gasteiger partial charge on any atom is 0.257 e. The molecule has 0 aromatic heterocycles. The molecule has 0 unspecified atom stereocenters. The third-order valence-corrected chi connectivity index (χ3v) is 3.98. The van der Waals surface area contributed by atoms with Crippen LogP contribution in [0.15, 0.2) is 24.3 Å². The van der Waals surface area contributed by atoms with Gasteiger partial charge in [0.15, 0.2) is 0 Å². The van der Waals surface area contributed by atoms with Gasteiger partial charge in [0.25, 0.3) is 5.91 Å². The van der Waals surface area contributed by atoms with E-state index in [0.29, 0.717) is 44.2 Å². The SMILES string of the molecule is CCOC[C@H](O)CN1CCN(C(=O)c2ccccc2OC)CC1. The first kappa shape index (κ1) is 17.7. The van der Waals surface area contributed by atoms with E-state index in [9.17, 15) is 9.90 Å². The molecule has 0 aliphatic carbocycles. The summed E-state index contributed by atoms with van der Waals surface area (Å²) in [5, 5.41) is 9.89. The molecular weight excluding hydrogens is 296 g/mol. The number of β-amino-alcohol motifs (C(OH)–C–C–N with tert-alkyl or cyclic N) is 1. The van der Waals surface area contributed by atoms with E-state index in [0.717, 1.165) is 13.1 Å². The third kappa shape index (κ3) is 4.92. The normalized spacial score (nSPS) is 17.1. The van der Waals surface area contributed by atoms with Crippen LogP contribution in [0.2, 0.25) is 0 Å². The fourth-order valence-corrected chi connectivity index (χ4v) is 2.73. The Balaban J connectivity index is 1.85. The van der Waals surface area contributed by atoms with Gasteiger partial charge in [-0.2, -0.15) is 0 Å². The van der Waals surface area contributed by atoms with Crippen molar-refractivity contribution in [1.82, 2.24) is 9.80 Å². The molecule has 0 saturated carbocycles. The number of rotatable bonds is 7. The molecule has 1 saturated heterocycles. The molecule has 1 N–H and O–H groups in total. The van der Waals surface area contributed by atoms with Crippen molar-refractivity contribution in [3.05, 3.63) is 29.8 Å². The standard InChI is InChI=1S/C17H26N2O4/c1-3-23-13-14(20)12-18-8-10-19(11-9-18)17(21)15-6-4-5-7-16(15)22-2/h4-7,14,20H,3,8-13H2,1-2H3/t14-/m1/s1. The highest BCUT2D eigenvalue weighted by Crippen LogP contribution is 2.20. The van der Waals surface area contributed by atoms with Gasteiger partial charge < -0.3 is 19.5 Å². The van der Waals surface area contributed by atoms with Crippen LogP contribution in [0.4, 0.5) is 0 Å². The smallest absolute Gasteiger partial charge is 0.257 e. The van der Waals surface area contributed by atoms with E-state index < -0.39 is 6.10 Å². The van der Waals surface area contributed by atoms with Crippen LogP contribution in [0.25, 0.3) is 0 Å². The average molecular weight is 322 g/mol. The highest BCUT2D eigenvalue weighted by Gasteiger charge is 2.24. The van der Waals surface area contributed by atoms with Gasteiger partial charge in [0, 0.05) is 39.3 Å². The number of aliphatic hydroxyl groups excluding tert-OH is 1. The van der Waals surface area contributed by atoms with Crippen LogP contribution in [0.3, 0.4) is 0 Å². The van der Waals surface area contributed by atoms with Crippen LogP contribution < -0.4 is 4.74 Å². The molecule has 0 bridgehead atoms. The highest BCUT2D eigenvalue weighted by atomic mass is 16.5. The maximum atomic E-state index is 12.6. The second-order valence-electron chi connectivity index (χ2n) is 5.61. The van der Waals surface area contributed by atoms with Crippen LogP contribution in [-0.4, -0.2) is 80.0 Å². The van der Waals surface area contributed by atoms with Gasteiger partial charge in [-0.15, -0.1) is 0 Å². The molecule has 1 aliphatic rings. The van der Waals surface area contributed by atoms with Gasteiger partial charge in [0.1, 0.15) is 5.75 Å². The van der Waals surface area contributed by atoms with E-state index in [1.165, 1.54) is 0 Å². The van der Waals surface area contributed by atoms with Crippen molar-refractivity contribution in [2.75, 3.05) is 53.0 Å². The Morgan fingerprint density at radius 1 is 1.26 bits per heavy atom. The Morgan fingerprint density at radius 2 is 1.96 bits per heavy atom. The van der Waals surface area contributed by atoms with E-state index >= 15 is 0 Å². The summed E-state index contributed by atoms with van der Waals surface area (Å²) >= 11 is 0. The summed E-state index contributed by atoms with van der Waals surface area (Å²) in [6, 6.07) is 7.29. The zero-order chi connectivity index (χ0) is 16.7. The van der Waals surface area contributed by atoms with Crippen molar-refractivity contribution in [2.24, 2.45) is 0 Å². The summed E-state index contributed by atoms with van der Waals surface area (Å²) < 4.78 is 10.5. The lowest BCUT2D eigenvalue weighted by molar-refractivity contribution is 0.0111. The van der Waals surface area contributed by atoms with Crippen LogP contribution in [0.5, 0.6) is 5.75 Å². The number of ether oxygens (including phenoxy) is 2. The van der Waals surface area contributed by atoms with Gasteiger partial charge in [-0.25, -0.2) is 0 Å². The number of hydrogen-bond acceptors (Lipinski definition) is 5. The fourth-order valence-electron chi connectivity index (χ4n) is 2.73. The van der Waals surface area contributed by atoms with Gasteiger partial charge in [0.2, 0.25) is 0 Å². The molecule has 23 heavy (non-hydrogen) atoms. The quantitative estimate of drug-likeness (QED) is 0.806. The Hall–Kier alpha value is -1.63. The first-order valence-corrected chi connectivity index (χ1v) is 8.06. The van der Waals surface area contributed by atoms with Gasteiger partial charge in [0.05, 0.1) is 25.4 Å². The number of methoxy groups -OCH3 is 1. The number of carbonyl (C=O) groups excluding carboxylic acids is 1. The largest absolute Gasteiger partial charge is 0.496 e. The molecule has 1 heterocycles. The van der Waals surface area contributed by atoms with Crippen LogP contribution >= 0.6 is 0 Å². The summed E-state index contributed by atoms with van der Waals surface area (Å²) in [6.45, 7) is 6.27. The van der Waals surface area contributed by atoms with Crippen molar-refractivity contribution < 1.29 is 19.4 Å². The van der Waals surface area contributed by atoms with Crippen molar-refractivity contribution >= 4 is 5.91 Å². The fraction of sp³-hybridized carbons (Fsp3) is 0.588. The number of hydrogen-bond donors (Lipinski definition) is 1. The molecule has 128 valence electrons. The Bertz CT molecular complexity index is 501. The minimum Gasteiger partial charge on any atom is -0.496 e. The van der Waals surface area contributed by atoms with Crippen LogP contribution in [-0.2, 0) is 4.74 Å². The molecule has 6 heteroatoms. The minimum absolute atomic E-state index is 0.00281. The predicted molar refractivity (Wildman–Crippen MR) is 87.8 cm³/mol. The third-order valence-electron chi connectivity index (χ3n) is 3.98. The van der Waals surface area contributed by atoms with E-state index in [2.05, 4.69) is 4.90 Å². The summed E-state index contributed by atoms with van der Waals surface area (Å²) in [5.74, 6) is 0.601. The molecule has 1 atom stereocenters. The summed E-state index contributed by atoms with van der Waals surface area (Å²) in [6.07, 6.45) is -0.480. The first-order chi connectivity index (χ1) is 11.2. The van der Waals surface area contributed by atoms with Gasteiger partial charge >= 0.3 is 0 Å². The predicted octanol–water partition coefficient (Wildman–Crippen LogP) is 0.850. The van der Waals surface area contributed by atoms with Gasteiger partial charge in [-0.1, -0.05) is 12.1 Å². The van der Waals surface area contributed by atoms with Gasteiger partial charge in [-0.3, -0.25) is 9.69 Å². The van der Waals surface area contributed by atoms with Crippen LogP contribution in [0, 0.1) is 0 Å². The molecular formula is C17H26N2O4. The van der Waals surface area contributed by atoms with Gasteiger partial charge in [-0.05, 0) is 19.1 Å². The lowest BCUT2D eigenvalue weighted by atomic mass is 10.1. The zero-order valence-corrected chi connectivity index (χ0v) is 13.9.